The van der Waals surface area contributed by atoms with E-state index in [-0.39, 0.29) is 31.3 Å². The second kappa shape index (κ2) is 10.2. The van der Waals surface area contributed by atoms with Gasteiger partial charge < -0.3 is 28.6 Å². The van der Waals surface area contributed by atoms with Gasteiger partial charge >= 0.3 is 7.82 Å². The standard InChI is InChI=1S/C15H31B2O9P/c1-8(2)22-7-11-13(14(21-4)15(17)24-11)26-27(18,19)25-9-5-12(16)23-10(9)6-20-3/h8-15H,5-7,16-17H2,1-4H3,(H,18,19)/t9?,10?,11?,12?,13-,14?,15?/m1/s1. The van der Waals surface area contributed by atoms with E-state index in [4.69, 9.17) is 32.7 Å². The Morgan fingerprint density at radius 3 is 2.41 bits per heavy atom. The molecule has 2 rings (SSSR count). The summed E-state index contributed by atoms with van der Waals surface area (Å²) in [5, 5.41) is 0. The van der Waals surface area contributed by atoms with E-state index >= 15 is 0 Å². The third-order valence-corrected chi connectivity index (χ3v) is 5.70. The quantitative estimate of drug-likeness (QED) is 0.362. The summed E-state index contributed by atoms with van der Waals surface area (Å²) in [6.45, 7) is 4.30. The summed E-state index contributed by atoms with van der Waals surface area (Å²) in [6.07, 6.45) is -2.38. The minimum atomic E-state index is -4.39. The Hall–Kier alpha value is 0.0399. The van der Waals surface area contributed by atoms with Crippen molar-refractivity contribution < 1.29 is 42.2 Å². The van der Waals surface area contributed by atoms with Crippen LogP contribution in [0.3, 0.4) is 0 Å². The predicted molar refractivity (Wildman–Crippen MR) is 102 cm³/mol. The first-order chi connectivity index (χ1) is 12.7. The molecule has 9 nitrogen and oxygen atoms in total. The van der Waals surface area contributed by atoms with Gasteiger partial charge in [-0.1, -0.05) is 0 Å². The molecule has 0 saturated carbocycles. The number of ether oxygens (including phenoxy) is 5. The van der Waals surface area contributed by atoms with Crippen molar-refractivity contribution in [2.45, 2.75) is 68.9 Å². The van der Waals surface area contributed by atoms with Crippen LogP contribution in [0.25, 0.3) is 0 Å². The van der Waals surface area contributed by atoms with Crippen molar-refractivity contribution in [3.05, 3.63) is 0 Å². The molecule has 0 aliphatic carbocycles. The predicted octanol–water partition coefficient (Wildman–Crippen LogP) is -0.950. The van der Waals surface area contributed by atoms with Crippen molar-refractivity contribution in [2.24, 2.45) is 0 Å². The van der Waals surface area contributed by atoms with Crippen molar-refractivity contribution in [1.82, 2.24) is 0 Å². The molecule has 12 heteroatoms. The molecule has 0 bridgehead atoms. The topological polar surface area (TPSA) is 102 Å². The van der Waals surface area contributed by atoms with Crippen LogP contribution in [0.4, 0.5) is 0 Å². The zero-order chi connectivity index (χ0) is 20.2. The van der Waals surface area contributed by atoms with E-state index in [9.17, 15) is 9.46 Å². The molecular formula is C15H31B2O9P. The first kappa shape index (κ1) is 23.3. The molecule has 2 aliphatic rings. The fraction of sp³-hybridized carbons (Fsp3) is 1.00. The molecule has 2 saturated heterocycles. The van der Waals surface area contributed by atoms with Gasteiger partial charge in [-0.05, 0) is 20.3 Å². The van der Waals surface area contributed by atoms with Crippen LogP contribution in [0.15, 0.2) is 0 Å². The number of phosphoric ester groups is 1. The summed E-state index contributed by atoms with van der Waals surface area (Å²) in [6, 6.07) is -0.402. The zero-order valence-corrected chi connectivity index (χ0v) is 17.8. The first-order valence-electron chi connectivity index (χ1n) is 9.30. The van der Waals surface area contributed by atoms with Crippen molar-refractivity contribution in [1.29, 1.82) is 0 Å². The monoisotopic (exact) mass is 408 g/mol. The highest BCUT2D eigenvalue weighted by molar-refractivity contribution is 7.47. The molecule has 0 spiro atoms. The largest absolute Gasteiger partial charge is 0.473 e. The Labute approximate surface area is 162 Å². The minimum absolute atomic E-state index is 0.00439. The van der Waals surface area contributed by atoms with Crippen LogP contribution < -0.4 is 0 Å². The van der Waals surface area contributed by atoms with Crippen molar-refractivity contribution in [3.8, 4) is 0 Å². The van der Waals surface area contributed by atoms with E-state index < -0.39 is 38.3 Å². The van der Waals surface area contributed by atoms with E-state index in [1.165, 1.54) is 14.2 Å². The Bertz CT molecular complexity index is 512. The van der Waals surface area contributed by atoms with E-state index in [0.717, 1.165) is 0 Å². The Kier molecular flexibility index (Phi) is 8.80. The Morgan fingerprint density at radius 1 is 1.11 bits per heavy atom. The van der Waals surface area contributed by atoms with Gasteiger partial charge in [0.15, 0.2) is 0 Å². The lowest BCUT2D eigenvalue weighted by Gasteiger charge is -2.27. The molecule has 0 aromatic carbocycles. The van der Waals surface area contributed by atoms with Crippen LogP contribution in [0.2, 0.25) is 0 Å². The van der Waals surface area contributed by atoms with Crippen LogP contribution in [0.5, 0.6) is 0 Å². The third-order valence-electron chi connectivity index (χ3n) is 4.65. The number of hydrogen-bond acceptors (Lipinski definition) is 8. The van der Waals surface area contributed by atoms with Gasteiger partial charge in [0.1, 0.15) is 40.1 Å². The lowest BCUT2D eigenvalue weighted by molar-refractivity contribution is -0.0591. The molecule has 0 aromatic heterocycles. The van der Waals surface area contributed by atoms with E-state index in [0.29, 0.717) is 6.42 Å². The van der Waals surface area contributed by atoms with Gasteiger partial charge in [0, 0.05) is 20.2 Å². The maximum atomic E-state index is 12.7. The van der Waals surface area contributed by atoms with Gasteiger partial charge in [-0.15, -0.1) is 0 Å². The maximum Gasteiger partial charge on any atom is 0.473 e. The van der Waals surface area contributed by atoms with Crippen molar-refractivity contribution in [2.75, 3.05) is 27.4 Å². The second-order valence-electron chi connectivity index (χ2n) is 7.32. The Morgan fingerprint density at radius 2 is 1.81 bits per heavy atom. The summed E-state index contributed by atoms with van der Waals surface area (Å²) in [5.41, 5.74) is 0. The molecule has 27 heavy (non-hydrogen) atoms. The zero-order valence-electron chi connectivity index (χ0n) is 16.9. The van der Waals surface area contributed by atoms with Gasteiger partial charge in [0.05, 0.1) is 31.4 Å². The average molecular weight is 408 g/mol. The normalized spacial score (nSPS) is 39.1. The van der Waals surface area contributed by atoms with E-state index in [1.54, 1.807) is 0 Å². The molecule has 0 radical (unpaired) electrons. The summed E-state index contributed by atoms with van der Waals surface area (Å²) in [7, 11) is 2.36. The fourth-order valence-corrected chi connectivity index (χ4v) is 4.65. The van der Waals surface area contributed by atoms with Crippen LogP contribution in [-0.4, -0.2) is 96.6 Å². The van der Waals surface area contributed by atoms with Gasteiger partial charge in [0.25, 0.3) is 0 Å². The highest BCUT2D eigenvalue weighted by Gasteiger charge is 2.48. The molecule has 0 amide bonds. The summed E-state index contributed by atoms with van der Waals surface area (Å²) in [5.74, 6) is 0. The van der Waals surface area contributed by atoms with E-state index in [2.05, 4.69) is 0 Å². The smallest absolute Gasteiger partial charge is 0.382 e. The highest BCUT2D eigenvalue weighted by Crippen LogP contribution is 2.50. The van der Waals surface area contributed by atoms with Gasteiger partial charge in [-0.3, -0.25) is 9.05 Å². The molecule has 2 aliphatic heterocycles. The maximum absolute atomic E-state index is 12.7. The summed E-state index contributed by atoms with van der Waals surface area (Å²) in [4.78, 5) is 10.4. The lowest BCUT2D eigenvalue weighted by Crippen LogP contribution is -2.39. The van der Waals surface area contributed by atoms with Crippen LogP contribution in [-0.2, 0) is 37.3 Å². The lowest BCUT2D eigenvalue weighted by atomic mass is 9.93. The molecule has 7 unspecified atom stereocenters. The average Bonchev–Trinajstić information content (AvgIpc) is 3.04. The summed E-state index contributed by atoms with van der Waals surface area (Å²) < 4.78 is 51.2. The SMILES string of the molecule is BC1CC(OP(=O)(O)O[C@@H]2C(COC(C)C)OC(B)C2OC)C(COC)O1. The number of rotatable bonds is 10. The van der Waals surface area contributed by atoms with E-state index in [1.807, 2.05) is 29.5 Å². The fourth-order valence-electron chi connectivity index (χ4n) is 3.48. The molecule has 0 aromatic rings. The molecule has 2 fully saturated rings. The van der Waals surface area contributed by atoms with Gasteiger partial charge in [-0.25, -0.2) is 4.57 Å². The summed E-state index contributed by atoms with van der Waals surface area (Å²) >= 11 is 0. The number of hydrogen-bond donors (Lipinski definition) is 1. The first-order valence-corrected chi connectivity index (χ1v) is 10.8. The molecule has 1 N–H and O–H groups in total. The third kappa shape index (κ3) is 6.52. The molecule has 2 heterocycles. The van der Waals surface area contributed by atoms with Crippen molar-refractivity contribution in [3.63, 3.8) is 0 Å². The second-order valence-corrected chi connectivity index (χ2v) is 8.68. The Balaban J connectivity index is 2.04. The van der Waals surface area contributed by atoms with Gasteiger partial charge in [-0.2, -0.15) is 0 Å². The van der Waals surface area contributed by atoms with Crippen molar-refractivity contribution >= 4 is 23.5 Å². The van der Waals surface area contributed by atoms with Crippen LogP contribution >= 0.6 is 7.82 Å². The number of methoxy groups -OCH3 is 2. The molecule has 8 atom stereocenters. The van der Waals surface area contributed by atoms with Crippen LogP contribution in [0, 0.1) is 0 Å². The number of phosphoric acid groups is 1. The highest BCUT2D eigenvalue weighted by atomic mass is 31.2. The molecule has 156 valence electrons. The van der Waals surface area contributed by atoms with Gasteiger partial charge in [0.2, 0.25) is 0 Å². The molecular weight excluding hydrogens is 377 g/mol. The minimum Gasteiger partial charge on any atom is -0.382 e. The van der Waals surface area contributed by atoms with Crippen LogP contribution in [0.1, 0.15) is 20.3 Å².